The minimum Gasteiger partial charge on any atom is -0.307 e. The number of hydrogen-bond donors (Lipinski definition) is 1. The maximum atomic E-state index is 12.8. The van der Waals surface area contributed by atoms with Crippen molar-refractivity contribution in [1.29, 1.82) is 0 Å². The van der Waals surface area contributed by atoms with E-state index in [1.54, 1.807) is 29.2 Å². The summed E-state index contributed by atoms with van der Waals surface area (Å²) in [6.45, 7) is 0.588. The first-order valence-corrected chi connectivity index (χ1v) is 11.5. The fourth-order valence-electron chi connectivity index (χ4n) is 3.45. The highest BCUT2D eigenvalue weighted by Gasteiger charge is 2.27. The summed E-state index contributed by atoms with van der Waals surface area (Å²) in [5.41, 5.74) is 1.38. The molecule has 4 rings (SSSR count). The van der Waals surface area contributed by atoms with E-state index < -0.39 is 25.5 Å². The lowest BCUT2D eigenvalue weighted by Gasteiger charge is -2.29. The van der Waals surface area contributed by atoms with Gasteiger partial charge in [-0.05, 0) is 54.1 Å². The molecule has 2 heterocycles. The summed E-state index contributed by atoms with van der Waals surface area (Å²) in [6, 6.07) is 13.7. The van der Waals surface area contributed by atoms with Crippen LogP contribution in [0.3, 0.4) is 0 Å². The molecular formula is C20H17N3O5S2. The van der Waals surface area contributed by atoms with Crippen LogP contribution in [0.4, 0.5) is 17.1 Å². The zero-order valence-electron chi connectivity index (χ0n) is 15.6. The highest BCUT2D eigenvalue weighted by Crippen LogP contribution is 2.33. The van der Waals surface area contributed by atoms with Crippen LogP contribution in [-0.2, 0) is 16.4 Å². The van der Waals surface area contributed by atoms with Crippen molar-refractivity contribution < 1.29 is 18.1 Å². The molecule has 0 saturated carbocycles. The maximum absolute atomic E-state index is 12.8. The lowest BCUT2D eigenvalue weighted by molar-refractivity contribution is -0.387. The molecule has 0 bridgehead atoms. The number of amides is 1. The van der Waals surface area contributed by atoms with E-state index in [-0.39, 0.29) is 11.6 Å². The van der Waals surface area contributed by atoms with Gasteiger partial charge in [0.1, 0.15) is 0 Å². The van der Waals surface area contributed by atoms with Crippen LogP contribution in [0, 0.1) is 10.1 Å². The lowest BCUT2D eigenvalue weighted by atomic mass is 10.0. The Morgan fingerprint density at radius 2 is 1.93 bits per heavy atom. The lowest BCUT2D eigenvalue weighted by Crippen LogP contribution is -2.35. The predicted molar refractivity (Wildman–Crippen MR) is 115 cm³/mol. The van der Waals surface area contributed by atoms with Crippen LogP contribution in [0.2, 0.25) is 0 Å². The van der Waals surface area contributed by atoms with Crippen LogP contribution in [0.15, 0.2) is 64.9 Å². The smallest absolute Gasteiger partial charge is 0.289 e. The minimum absolute atomic E-state index is 0.0841. The van der Waals surface area contributed by atoms with E-state index >= 15 is 0 Å². The van der Waals surface area contributed by atoms with Crippen molar-refractivity contribution in [3.8, 4) is 0 Å². The van der Waals surface area contributed by atoms with Crippen molar-refractivity contribution in [1.82, 2.24) is 0 Å². The van der Waals surface area contributed by atoms with Gasteiger partial charge in [0.25, 0.3) is 21.6 Å². The Morgan fingerprint density at radius 1 is 1.13 bits per heavy atom. The summed E-state index contributed by atoms with van der Waals surface area (Å²) in [4.78, 5) is 25.2. The van der Waals surface area contributed by atoms with E-state index in [0.29, 0.717) is 17.8 Å². The second kappa shape index (κ2) is 7.88. The number of nitrogens with one attached hydrogen (secondary N) is 1. The average molecular weight is 444 g/mol. The summed E-state index contributed by atoms with van der Waals surface area (Å²) in [5, 5.41) is 13.0. The number of carbonyl (C=O) groups is 1. The first-order chi connectivity index (χ1) is 14.4. The fraction of sp³-hybridized carbons (Fsp3) is 0.150. The number of carbonyl (C=O) groups excluding carboxylic acids is 1. The van der Waals surface area contributed by atoms with Crippen LogP contribution in [0.25, 0.3) is 0 Å². The van der Waals surface area contributed by atoms with Crippen molar-refractivity contribution in [2.45, 2.75) is 17.7 Å². The zero-order chi connectivity index (χ0) is 21.3. The van der Waals surface area contributed by atoms with Gasteiger partial charge in [0.05, 0.1) is 9.80 Å². The van der Waals surface area contributed by atoms with Crippen LogP contribution in [-0.4, -0.2) is 25.8 Å². The van der Waals surface area contributed by atoms with Crippen LogP contribution >= 0.6 is 11.3 Å². The number of thiophene rings is 1. The molecule has 1 N–H and O–H groups in total. The van der Waals surface area contributed by atoms with Crippen molar-refractivity contribution in [3.05, 3.63) is 80.5 Å². The Morgan fingerprint density at radius 3 is 2.67 bits per heavy atom. The molecule has 0 unspecified atom stereocenters. The van der Waals surface area contributed by atoms with Crippen LogP contribution in [0.1, 0.15) is 21.7 Å². The van der Waals surface area contributed by atoms with Gasteiger partial charge in [0.2, 0.25) is 0 Å². The molecule has 3 aromatic rings. The van der Waals surface area contributed by atoms with Crippen molar-refractivity contribution >= 4 is 44.3 Å². The Bertz CT molecular complexity index is 1220. The summed E-state index contributed by atoms with van der Waals surface area (Å²) < 4.78 is 27.9. The molecule has 1 amide bonds. The summed E-state index contributed by atoms with van der Waals surface area (Å²) in [6.07, 6.45) is 1.45. The molecule has 8 nitrogen and oxygen atoms in total. The van der Waals surface area contributed by atoms with E-state index in [1.807, 2.05) is 11.4 Å². The number of fused-ring (bicyclic) bond motifs is 1. The number of benzene rings is 2. The van der Waals surface area contributed by atoms with Gasteiger partial charge in [0.15, 0.2) is 4.90 Å². The molecule has 0 atom stereocenters. The summed E-state index contributed by atoms with van der Waals surface area (Å²) >= 11 is 1.37. The van der Waals surface area contributed by atoms with E-state index in [4.69, 9.17) is 0 Å². The third kappa shape index (κ3) is 3.79. The predicted octanol–water partition coefficient (Wildman–Crippen LogP) is 4.05. The number of nitro benzene ring substituents is 1. The van der Waals surface area contributed by atoms with Crippen molar-refractivity contribution in [2.24, 2.45) is 0 Å². The Hall–Kier alpha value is -3.24. The quantitative estimate of drug-likeness (QED) is 0.473. The van der Waals surface area contributed by atoms with Crippen molar-refractivity contribution in [3.63, 3.8) is 0 Å². The van der Waals surface area contributed by atoms with Gasteiger partial charge in [-0.2, -0.15) is 0 Å². The highest BCUT2D eigenvalue weighted by atomic mass is 32.2. The first kappa shape index (κ1) is 20.0. The van der Waals surface area contributed by atoms with Gasteiger partial charge in [-0.25, -0.2) is 8.42 Å². The third-order valence-electron chi connectivity index (χ3n) is 4.78. The van der Waals surface area contributed by atoms with Gasteiger partial charge in [-0.1, -0.05) is 18.2 Å². The van der Waals surface area contributed by atoms with E-state index in [9.17, 15) is 23.3 Å². The molecule has 2 aromatic carbocycles. The molecule has 1 aliphatic rings. The molecule has 1 aromatic heterocycles. The zero-order valence-corrected chi connectivity index (χ0v) is 17.3. The molecule has 1 aliphatic heterocycles. The number of hydrogen-bond acceptors (Lipinski definition) is 6. The Balaban J connectivity index is 1.64. The van der Waals surface area contributed by atoms with E-state index in [0.717, 1.165) is 23.7 Å². The molecule has 0 saturated heterocycles. The second-order valence-electron chi connectivity index (χ2n) is 6.71. The molecule has 154 valence electrons. The number of anilines is 2. The summed E-state index contributed by atoms with van der Waals surface area (Å²) in [5.74, 6) is -0.0841. The Kier molecular flexibility index (Phi) is 5.27. The van der Waals surface area contributed by atoms with Gasteiger partial charge in [-0.3, -0.25) is 19.6 Å². The van der Waals surface area contributed by atoms with Gasteiger partial charge >= 0.3 is 0 Å². The average Bonchev–Trinajstić information content (AvgIpc) is 3.27. The largest absolute Gasteiger partial charge is 0.307 e. The number of rotatable bonds is 5. The number of nitro groups is 1. The maximum Gasteiger partial charge on any atom is 0.289 e. The van der Waals surface area contributed by atoms with E-state index in [2.05, 4.69) is 4.72 Å². The van der Waals surface area contributed by atoms with Gasteiger partial charge < -0.3 is 4.90 Å². The number of aryl methyl sites for hydroxylation is 1. The second-order valence-corrected chi connectivity index (χ2v) is 9.31. The first-order valence-electron chi connectivity index (χ1n) is 9.11. The highest BCUT2D eigenvalue weighted by molar-refractivity contribution is 7.92. The van der Waals surface area contributed by atoms with Crippen LogP contribution in [0.5, 0.6) is 0 Å². The molecule has 0 aliphatic carbocycles. The molecule has 0 radical (unpaired) electrons. The number of sulfonamides is 1. The van der Waals surface area contributed by atoms with Gasteiger partial charge in [0, 0.05) is 24.0 Å². The van der Waals surface area contributed by atoms with Crippen molar-refractivity contribution in [2.75, 3.05) is 16.2 Å². The van der Waals surface area contributed by atoms with Crippen LogP contribution < -0.4 is 9.62 Å². The third-order valence-corrected chi connectivity index (χ3v) is 7.07. The minimum atomic E-state index is -4.15. The van der Waals surface area contributed by atoms with Gasteiger partial charge in [-0.15, -0.1) is 11.3 Å². The SMILES string of the molecule is O=C(c1cccs1)N1CCCc2cc(NS(=O)(=O)c3ccccc3[N+](=O)[O-])ccc21. The Labute approximate surface area is 177 Å². The number of nitrogens with zero attached hydrogens (tertiary/aromatic N) is 2. The standard InChI is InChI=1S/C20H17N3O5S2/c24-20(18-7-4-12-29-18)22-11-3-5-14-13-15(9-10-16(14)22)21-30(27,28)19-8-2-1-6-17(19)23(25)26/h1-2,4,6-10,12-13,21H,3,5,11H2. The van der Waals surface area contributed by atoms with E-state index in [1.165, 1.54) is 29.5 Å². The summed E-state index contributed by atoms with van der Waals surface area (Å²) in [7, 11) is -4.15. The normalized spacial score (nSPS) is 13.5. The molecule has 0 spiro atoms. The molecular weight excluding hydrogens is 426 g/mol. The fourth-order valence-corrected chi connectivity index (χ4v) is 5.34. The molecule has 0 fully saturated rings. The monoisotopic (exact) mass is 443 g/mol. The molecule has 10 heteroatoms. The molecule has 30 heavy (non-hydrogen) atoms. The number of para-hydroxylation sites is 1. The topological polar surface area (TPSA) is 110 Å².